The third-order valence-electron chi connectivity index (χ3n) is 6.54. The number of ether oxygens (including phenoxy) is 1. The molecule has 3 aromatic rings. The summed E-state index contributed by atoms with van der Waals surface area (Å²) in [5.74, 6) is -4.00. The molecule has 1 aliphatic rings. The fourth-order valence-electron chi connectivity index (χ4n) is 4.65. The van der Waals surface area contributed by atoms with E-state index in [0.29, 0.717) is 37.3 Å². The molecule has 6 nitrogen and oxygen atoms in total. The lowest BCUT2D eigenvalue weighted by molar-refractivity contribution is -0.137. The van der Waals surface area contributed by atoms with E-state index < -0.39 is 52.1 Å². The number of carbonyl (C=O) groups excluding carboxylic acids is 1. The Labute approximate surface area is 219 Å². The fourth-order valence-corrected chi connectivity index (χ4v) is 4.65. The highest BCUT2D eigenvalue weighted by Crippen LogP contribution is 2.38. The molecular formula is C27H25F6N3O3. The summed E-state index contributed by atoms with van der Waals surface area (Å²) in [5, 5.41) is 2.58. The van der Waals surface area contributed by atoms with Gasteiger partial charge in [0.2, 0.25) is 5.91 Å². The van der Waals surface area contributed by atoms with Crippen LogP contribution in [0.3, 0.4) is 0 Å². The van der Waals surface area contributed by atoms with Crippen molar-refractivity contribution in [3.63, 3.8) is 0 Å². The van der Waals surface area contributed by atoms with Gasteiger partial charge in [-0.1, -0.05) is 6.07 Å². The number of hydrogen-bond acceptors (Lipinski definition) is 4. The van der Waals surface area contributed by atoms with Crippen molar-refractivity contribution in [2.75, 3.05) is 0 Å². The Morgan fingerprint density at radius 2 is 1.72 bits per heavy atom. The van der Waals surface area contributed by atoms with E-state index in [4.69, 9.17) is 4.74 Å². The monoisotopic (exact) mass is 553 g/mol. The van der Waals surface area contributed by atoms with Crippen LogP contribution in [0.2, 0.25) is 0 Å². The lowest BCUT2D eigenvalue weighted by Gasteiger charge is -2.28. The highest BCUT2D eigenvalue weighted by Gasteiger charge is 2.37. The predicted molar refractivity (Wildman–Crippen MR) is 129 cm³/mol. The quantitative estimate of drug-likeness (QED) is 0.375. The number of halogens is 6. The first-order valence-corrected chi connectivity index (χ1v) is 12.2. The van der Waals surface area contributed by atoms with Crippen molar-refractivity contribution < 1.29 is 35.9 Å². The SMILES string of the molecule is Cc1cc(=O)[nH]c(-c2c(C(F)(F)F)ccc(CNC(=O)C3CCC(OCc4cc(F)cc(F)c4)CC3)c2F)n1. The van der Waals surface area contributed by atoms with Crippen molar-refractivity contribution in [3.8, 4) is 11.4 Å². The summed E-state index contributed by atoms with van der Waals surface area (Å²) >= 11 is 0. The summed E-state index contributed by atoms with van der Waals surface area (Å²) in [5.41, 5.74) is -2.66. The number of hydrogen-bond donors (Lipinski definition) is 2. The number of alkyl halides is 3. The smallest absolute Gasteiger partial charge is 0.374 e. The second kappa shape index (κ2) is 11.6. The van der Waals surface area contributed by atoms with Crippen LogP contribution in [0.4, 0.5) is 26.3 Å². The van der Waals surface area contributed by atoms with Gasteiger partial charge in [-0.05, 0) is 56.4 Å². The molecule has 39 heavy (non-hydrogen) atoms. The molecule has 12 heteroatoms. The molecule has 0 aliphatic heterocycles. The van der Waals surface area contributed by atoms with Gasteiger partial charge >= 0.3 is 6.18 Å². The summed E-state index contributed by atoms with van der Waals surface area (Å²) < 4.78 is 88.6. The van der Waals surface area contributed by atoms with Crippen molar-refractivity contribution >= 4 is 5.91 Å². The van der Waals surface area contributed by atoms with E-state index in [9.17, 15) is 31.5 Å². The normalized spacial score (nSPS) is 17.7. The molecular weight excluding hydrogens is 528 g/mol. The molecule has 1 saturated carbocycles. The zero-order chi connectivity index (χ0) is 28.3. The third kappa shape index (κ3) is 7.05. The summed E-state index contributed by atoms with van der Waals surface area (Å²) in [6, 6.07) is 5.83. The Hall–Kier alpha value is -3.67. The zero-order valence-electron chi connectivity index (χ0n) is 20.8. The molecule has 0 radical (unpaired) electrons. The fraction of sp³-hybridized carbons (Fsp3) is 0.370. The topological polar surface area (TPSA) is 84.1 Å². The Kier molecular flexibility index (Phi) is 8.43. The van der Waals surface area contributed by atoms with E-state index in [2.05, 4.69) is 15.3 Å². The van der Waals surface area contributed by atoms with Crippen LogP contribution in [0, 0.1) is 30.3 Å². The van der Waals surface area contributed by atoms with Gasteiger partial charge in [0, 0.05) is 35.9 Å². The molecule has 0 spiro atoms. The lowest BCUT2D eigenvalue weighted by Crippen LogP contribution is -2.34. The Morgan fingerprint density at radius 1 is 1.05 bits per heavy atom. The molecule has 1 aromatic heterocycles. The molecule has 1 fully saturated rings. The highest BCUT2D eigenvalue weighted by atomic mass is 19.4. The van der Waals surface area contributed by atoms with E-state index in [1.165, 1.54) is 19.1 Å². The molecule has 208 valence electrons. The average molecular weight is 554 g/mol. The minimum Gasteiger partial charge on any atom is -0.374 e. The van der Waals surface area contributed by atoms with Crippen LogP contribution in [-0.2, 0) is 28.9 Å². The maximum absolute atomic E-state index is 15.4. The van der Waals surface area contributed by atoms with Crippen molar-refractivity contribution in [1.82, 2.24) is 15.3 Å². The molecule has 0 atom stereocenters. The van der Waals surface area contributed by atoms with Crippen molar-refractivity contribution in [1.29, 1.82) is 0 Å². The molecule has 1 heterocycles. The number of aromatic amines is 1. The largest absolute Gasteiger partial charge is 0.417 e. The number of rotatable bonds is 7. The van der Waals surface area contributed by atoms with Gasteiger partial charge in [0.25, 0.3) is 5.56 Å². The Morgan fingerprint density at radius 3 is 2.33 bits per heavy atom. The molecule has 1 amide bonds. The van der Waals surface area contributed by atoms with Gasteiger partial charge in [-0.15, -0.1) is 0 Å². The summed E-state index contributed by atoms with van der Waals surface area (Å²) in [6.45, 7) is 1.05. The van der Waals surface area contributed by atoms with Gasteiger partial charge in [-0.25, -0.2) is 18.2 Å². The Balaban J connectivity index is 1.39. The van der Waals surface area contributed by atoms with Crippen molar-refractivity contribution in [2.45, 2.75) is 58.0 Å². The minimum absolute atomic E-state index is 0.0206. The zero-order valence-corrected chi connectivity index (χ0v) is 20.8. The lowest BCUT2D eigenvalue weighted by atomic mass is 9.86. The number of nitrogens with one attached hydrogen (secondary N) is 2. The minimum atomic E-state index is -4.91. The second-order valence-electron chi connectivity index (χ2n) is 9.47. The molecule has 2 N–H and O–H groups in total. The van der Waals surface area contributed by atoms with E-state index in [1.807, 2.05) is 0 Å². The van der Waals surface area contributed by atoms with Gasteiger partial charge in [-0.3, -0.25) is 9.59 Å². The molecule has 0 unspecified atom stereocenters. The number of aryl methyl sites for hydroxylation is 1. The predicted octanol–water partition coefficient (Wildman–Crippen LogP) is 5.57. The third-order valence-corrected chi connectivity index (χ3v) is 6.54. The van der Waals surface area contributed by atoms with Crippen LogP contribution in [0.15, 0.2) is 41.2 Å². The van der Waals surface area contributed by atoms with E-state index >= 15 is 4.39 Å². The van der Waals surface area contributed by atoms with E-state index in [1.54, 1.807) is 0 Å². The maximum Gasteiger partial charge on any atom is 0.417 e. The second-order valence-corrected chi connectivity index (χ2v) is 9.47. The molecule has 2 aromatic carbocycles. The first-order valence-electron chi connectivity index (χ1n) is 12.2. The van der Waals surface area contributed by atoms with Gasteiger partial charge in [0.05, 0.1) is 23.8 Å². The van der Waals surface area contributed by atoms with Gasteiger partial charge in [0.15, 0.2) is 0 Å². The summed E-state index contributed by atoms with van der Waals surface area (Å²) in [6.07, 6.45) is -3.20. The van der Waals surface area contributed by atoms with E-state index in [0.717, 1.165) is 18.2 Å². The van der Waals surface area contributed by atoms with Crippen LogP contribution in [0.5, 0.6) is 0 Å². The number of amides is 1. The highest BCUT2D eigenvalue weighted by molar-refractivity contribution is 5.78. The first-order chi connectivity index (χ1) is 18.4. The number of benzene rings is 2. The molecule has 1 aliphatic carbocycles. The number of H-pyrrole nitrogens is 1. The van der Waals surface area contributed by atoms with Crippen molar-refractivity contribution in [3.05, 3.63) is 86.6 Å². The molecule has 0 saturated heterocycles. The summed E-state index contributed by atoms with van der Waals surface area (Å²) in [4.78, 5) is 30.5. The van der Waals surface area contributed by atoms with Gasteiger partial charge in [-0.2, -0.15) is 13.2 Å². The standard InChI is InChI=1S/C27H25F6N3O3/c1-14-8-22(37)36-25(35-14)23-21(27(31,32)33)7-4-17(24(23)30)12-34-26(38)16-2-5-20(6-3-16)39-13-15-9-18(28)11-19(29)10-15/h4,7-11,16,20H,2-3,5-6,12-13H2,1H3,(H,34,38)(H,35,36,37). The Bertz CT molecular complexity index is 1390. The maximum atomic E-state index is 15.4. The van der Waals surface area contributed by atoms with Crippen LogP contribution < -0.4 is 10.9 Å². The van der Waals surface area contributed by atoms with Crippen LogP contribution in [0.25, 0.3) is 11.4 Å². The van der Waals surface area contributed by atoms with E-state index in [-0.39, 0.29) is 36.4 Å². The number of carbonyl (C=O) groups is 1. The number of nitrogens with zero attached hydrogens (tertiary/aromatic N) is 1. The van der Waals surface area contributed by atoms with Crippen LogP contribution in [-0.4, -0.2) is 22.0 Å². The number of aromatic nitrogens is 2. The first kappa shape index (κ1) is 28.3. The summed E-state index contributed by atoms with van der Waals surface area (Å²) in [7, 11) is 0. The van der Waals surface area contributed by atoms with Crippen LogP contribution >= 0.6 is 0 Å². The van der Waals surface area contributed by atoms with Crippen LogP contribution in [0.1, 0.15) is 48.1 Å². The molecule has 4 rings (SSSR count). The van der Waals surface area contributed by atoms with Gasteiger partial charge in [0.1, 0.15) is 23.3 Å². The van der Waals surface area contributed by atoms with Gasteiger partial charge < -0.3 is 15.0 Å². The van der Waals surface area contributed by atoms with Crippen molar-refractivity contribution in [2.24, 2.45) is 5.92 Å². The average Bonchev–Trinajstić information content (AvgIpc) is 2.85. The molecule has 0 bridgehead atoms.